The number of rotatable bonds is 2. The van der Waals surface area contributed by atoms with Gasteiger partial charge in [0.1, 0.15) is 0 Å². The summed E-state index contributed by atoms with van der Waals surface area (Å²) in [6.07, 6.45) is 0. The zero-order valence-corrected chi connectivity index (χ0v) is 14.0. The molecule has 2 aromatic carbocycles. The van der Waals surface area contributed by atoms with Crippen LogP contribution in [-0.2, 0) is 6.67 Å². The van der Waals surface area contributed by atoms with E-state index in [0.717, 1.165) is 29.1 Å². The highest BCUT2D eigenvalue weighted by molar-refractivity contribution is 7.99. The first-order valence-electron chi connectivity index (χ1n) is 7.66. The number of aromatic nitrogens is 3. The average Bonchev–Trinajstić information content (AvgIpc) is 2.99. The van der Waals surface area contributed by atoms with Crippen LogP contribution in [0.3, 0.4) is 0 Å². The van der Waals surface area contributed by atoms with Crippen molar-refractivity contribution in [1.82, 2.24) is 14.8 Å². The van der Waals surface area contributed by atoms with E-state index in [4.69, 9.17) is 0 Å². The number of nitrogens with zero attached hydrogens (tertiary/aromatic N) is 4. The van der Waals surface area contributed by atoms with Crippen molar-refractivity contribution in [1.29, 1.82) is 0 Å². The first kappa shape index (κ1) is 14.3. The van der Waals surface area contributed by atoms with Gasteiger partial charge in [-0.05, 0) is 31.5 Å². The van der Waals surface area contributed by atoms with Gasteiger partial charge in [-0.3, -0.25) is 4.57 Å². The Balaban J connectivity index is 1.70. The second-order valence-corrected chi connectivity index (χ2v) is 6.75. The number of hydrogen-bond donors (Lipinski definition) is 0. The van der Waals surface area contributed by atoms with E-state index in [1.807, 2.05) is 0 Å². The van der Waals surface area contributed by atoms with Crippen LogP contribution in [0.5, 0.6) is 0 Å². The van der Waals surface area contributed by atoms with Gasteiger partial charge in [0, 0.05) is 11.3 Å². The van der Waals surface area contributed by atoms with Gasteiger partial charge >= 0.3 is 0 Å². The lowest BCUT2D eigenvalue weighted by Gasteiger charge is -2.30. The molecule has 0 spiro atoms. The monoisotopic (exact) mass is 322 g/mol. The van der Waals surface area contributed by atoms with Crippen molar-refractivity contribution >= 4 is 17.4 Å². The molecule has 1 aromatic heterocycles. The molecule has 0 unspecified atom stereocenters. The zero-order chi connectivity index (χ0) is 15.8. The molecule has 116 valence electrons. The van der Waals surface area contributed by atoms with E-state index < -0.39 is 0 Å². The number of anilines is 1. The number of hydrogen-bond acceptors (Lipinski definition) is 4. The van der Waals surface area contributed by atoms with E-state index in [2.05, 4.69) is 82.0 Å². The molecule has 0 fully saturated rings. The maximum Gasteiger partial charge on any atom is 0.194 e. The van der Waals surface area contributed by atoms with Crippen LogP contribution in [0.2, 0.25) is 0 Å². The van der Waals surface area contributed by atoms with Gasteiger partial charge in [0.2, 0.25) is 0 Å². The molecule has 0 saturated carbocycles. The topological polar surface area (TPSA) is 34.0 Å². The molecule has 3 aromatic rings. The Morgan fingerprint density at radius 3 is 2.52 bits per heavy atom. The lowest BCUT2D eigenvalue weighted by Crippen LogP contribution is -2.30. The van der Waals surface area contributed by atoms with E-state index >= 15 is 0 Å². The van der Waals surface area contributed by atoms with Gasteiger partial charge < -0.3 is 4.90 Å². The summed E-state index contributed by atoms with van der Waals surface area (Å²) >= 11 is 1.73. The Hall–Kier alpha value is -2.27. The maximum absolute atomic E-state index is 4.44. The van der Waals surface area contributed by atoms with Crippen LogP contribution in [0.4, 0.5) is 5.69 Å². The molecule has 0 atom stereocenters. The molecule has 0 radical (unpaired) electrons. The largest absolute Gasteiger partial charge is 0.344 e. The quantitative estimate of drug-likeness (QED) is 0.711. The van der Waals surface area contributed by atoms with Crippen LogP contribution in [0.15, 0.2) is 53.7 Å². The molecule has 0 amide bonds. The average molecular weight is 322 g/mol. The summed E-state index contributed by atoms with van der Waals surface area (Å²) in [4.78, 5) is 2.35. The highest BCUT2D eigenvalue weighted by atomic mass is 32.2. The molecule has 0 bridgehead atoms. The summed E-state index contributed by atoms with van der Waals surface area (Å²) in [6, 6.07) is 17.0. The molecule has 2 heterocycles. The van der Waals surface area contributed by atoms with E-state index in [9.17, 15) is 0 Å². The van der Waals surface area contributed by atoms with Gasteiger partial charge in [-0.1, -0.05) is 53.7 Å². The Labute approximate surface area is 140 Å². The zero-order valence-electron chi connectivity index (χ0n) is 13.2. The molecule has 4 rings (SSSR count). The van der Waals surface area contributed by atoms with Gasteiger partial charge in [-0.25, -0.2) is 0 Å². The molecule has 0 N–H and O–H groups in total. The van der Waals surface area contributed by atoms with Gasteiger partial charge in [0.15, 0.2) is 11.0 Å². The smallest absolute Gasteiger partial charge is 0.194 e. The lowest BCUT2D eigenvalue weighted by molar-refractivity contribution is 0.608. The summed E-state index contributed by atoms with van der Waals surface area (Å²) in [5.74, 6) is 1.84. The molecule has 0 aliphatic carbocycles. The highest BCUT2D eigenvalue weighted by Crippen LogP contribution is 2.32. The number of benzene rings is 2. The normalized spacial score (nSPS) is 13.9. The lowest BCUT2D eigenvalue weighted by atomic mass is 10.1. The SMILES string of the molecule is Cc1ccc(N2CSc3nnc(-c4ccccc4C)n3C2)cc1. The van der Waals surface area contributed by atoms with Crippen molar-refractivity contribution in [2.45, 2.75) is 25.7 Å². The van der Waals surface area contributed by atoms with Gasteiger partial charge in [0.05, 0.1) is 12.5 Å². The molecule has 5 heteroatoms. The Bertz CT molecular complexity index is 838. The predicted molar refractivity (Wildman–Crippen MR) is 94.6 cm³/mol. The van der Waals surface area contributed by atoms with Gasteiger partial charge in [0.25, 0.3) is 0 Å². The first-order chi connectivity index (χ1) is 11.2. The van der Waals surface area contributed by atoms with Crippen LogP contribution in [0.25, 0.3) is 11.4 Å². The van der Waals surface area contributed by atoms with Crippen molar-refractivity contribution in [3.8, 4) is 11.4 Å². The summed E-state index contributed by atoms with van der Waals surface area (Å²) in [5, 5.41) is 9.79. The standard InChI is InChI=1S/C18H18N4S/c1-13-7-9-15(10-8-13)21-11-22-17(19-20-18(22)23-12-21)16-6-4-3-5-14(16)2/h3-10H,11-12H2,1-2H3. The van der Waals surface area contributed by atoms with Crippen molar-refractivity contribution < 1.29 is 0 Å². The summed E-state index contributed by atoms with van der Waals surface area (Å²) in [7, 11) is 0. The van der Waals surface area contributed by atoms with Crippen LogP contribution < -0.4 is 4.90 Å². The number of aryl methyl sites for hydroxylation is 2. The molecular weight excluding hydrogens is 304 g/mol. The Morgan fingerprint density at radius 2 is 1.74 bits per heavy atom. The summed E-state index contributed by atoms with van der Waals surface area (Å²) < 4.78 is 2.20. The third-order valence-corrected chi connectivity index (χ3v) is 5.16. The maximum atomic E-state index is 4.44. The van der Waals surface area contributed by atoms with Gasteiger partial charge in [-0.2, -0.15) is 0 Å². The van der Waals surface area contributed by atoms with Crippen LogP contribution in [0.1, 0.15) is 11.1 Å². The van der Waals surface area contributed by atoms with E-state index in [1.165, 1.54) is 16.8 Å². The van der Waals surface area contributed by atoms with Crippen molar-refractivity contribution in [2.75, 3.05) is 10.8 Å². The van der Waals surface area contributed by atoms with Crippen molar-refractivity contribution in [3.63, 3.8) is 0 Å². The van der Waals surface area contributed by atoms with E-state index in [0.29, 0.717) is 0 Å². The third-order valence-electron chi connectivity index (χ3n) is 4.16. The van der Waals surface area contributed by atoms with Crippen molar-refractivity contribution in [3.05, 3.63) is 59.7 Å². The van der Waals surface area contributed by atoms with Crippen LogP contribution in [-0.4, -0.2) is 20.6 Å². The molecule has 23 heavy (non-hydrogen) atoms. The fourth-order valence-electron chi connectivity index (χ4n) is 2.80. The fraction of sp³-hybridized carbons (Fsp3) is 0.222. The summed E-state index contributed by atoms with van der Waals surface area (Å²) in [6.45, 7) is 5.01. The molecule has 4 nitrogen and oxygen atoms in total. The molecule has 1 aliphatic rings. The second-order valence-electron chi connectivity index (χ2n) is 5.84. The molecule has 0 saturated heterocycles. The Kier molecular flexibility index (Phi) is 3.58. The van der Waals surface area contributed by atoms with E-state index in [1.54, 1.807) is 11.8 Å². The minimum Gasteiger partial charge on any atom is -0.344 e. The second kappa shape index (κ2) is 5.74. The minimum absolute atomic E-state index is 0.780. The molecular formula is C18H18N4S. The van der Waals surface area contributed by atoms with E-state index in [-0.39, 0.29) is 0 Å². The predicted octanol–water partition coefficient (Wildman–Crippen LogP) is 4.09. The molecule has 1 aliphatic heterocycles. The third kappa shape index (κ3) is 2.61. The Morgan fingerprint density at radius 1 is 0.957 bits per heavy atom. The highest BCUT2D eigenvalue weighted by Gasteiger charge is 2.23. The minimum atomic E-state index is 0.780. The van der Waals surface area contributed by atoms with Crippen molar-refractivity contribution in [2.24, 2.45) is 0 Å². The summed E-state index contributed by atoms with van der Waals surface area (Å²) in [5.41, 5.74) is 4.89. The number of fused-ring (bicyclic) bond motifs is 1. The van der Waals surface area contributed by atoms with Crippen LogP contribution >= 0.6 is 11.8 Å². The first-order valence-corrected chi connectivity index (χ1v) is 8.64. The van der Waals surface area contributed by atoms with Gasteiger partial charge in [-0.15, -0.1) is 10.2 Å². The fourth-order valence-corrected chi connectivity index (χ4v) is 3.71. The van der Waals surface area contributed by atoms with Crippen LogP contribution in [0, 0.1) is 13.8 Å². The number of thioether (sulfide) groups is 1.